The molecule has 0 aliphatic carbocycles. The van der Waals surface area contributed by atoms with Gasteiger partial charge in [-0.25, -0.2) is 4.68 Å². The van der Waals surface area contributed by atoms with Crippen LogP contribution in [-0.4, -0.2) is 21.2 Å². The number of para-hydroxylation sites is 1. The van der Waals surface area contributed by atoms with Gasteiger partial charge < -0.3 is 5.73 Å². The standard InChI is InChI=1S/C19H20N4/c20-19-12-17(21-23(19)18-8-2-1-3-9-18)14-22-11-10-15-6-4-5-7-16(15)13-22/h1-9,12H,10-11,13-14,20H2. The summed E-state index contributed by atoms with van der Waals surface area (Å²) in [5.74, 6) is 0.684. The molecule has 2 N–H and O–H groups in total. The lowest BCUT2D eigenvalue weighted by atomic mass is 10.00. The van der Waals surface area contributed by atoms with Crippen LogP contribution in [0.4, 0.5) is 5.82 Å². The summed E-state index contributed by atoms with van der Waals surface area (Å²) in [6.07, 6.45) is 1.10. The minimum absolute atomic E-state index is 0.684. The molecule has 116 valence electrons. The molecule has 0 saturated heterocycles. The van der Waals surface area contributed by atoms with E-state index in [-0.39, 0.29) is 0 Å². The first-order valence-corrected chi connectivity index (χ1v) is 7.98. The van der Waals surface area contributed by atoms with E-state index in [9.17, 15) is 0 Å². The van der Waals surface area contributed by atoms with Gasteiger partial charge in [0.2, 0.25) is 0 Å². The van der Waals surface area contributed by atoms with Gasteiger partial charge in [-0.15, -0.1) is 0 Å². The first-order valence-electron chi connectivity index (χ1n) is 7.98. The average Bonchev–Trinajstić information content (AvgIpc) is 2.96. The number of anilines is 1. The van der Waals surface area contributed by atoms with Crippen molar-refractivity contribution in [1.82, 2.24) is 14.7 Å². The Balaban J connectivity index is 1.52. The van der Waals surface area contributed by atoms with Gasteiger partial charge in [-0.3, -0.25) is 4.90 Å². The summed E-state index contributed by atoms with van der Waals surface area (Å²) in [5, 5.41) is 4.68. The molecule has 0 amide bonds. The second-order valence-corrected chi connectivity index (χ2v) is 6.04. The minimum Gasteiger partial charge on any atom is -0.384 e. The second-order valence-electron chi connectivity index (χ2n) is 6.04. The van der Waals surface area contributed by atoms with Gasteiger partial charge in [-0.2, -0.15) is 5.10 Å². The molecule has 0 unspecified atom stereocenters. The smallest absolute Gasteiger partial charge is 0.127 e. The maximum atomic E-state index is 6.14. The van der Waals surface area contributed by atoms with Crippen LogP contribution in [0.15, 0.2) is 60.7 Å². The Labute approximate surface area is 136 Å². The van der Waals surface area contributed by atoms with E-state index in [1.807, 2.05) is 41.1 Å². The Morgan fingerprint density at radius 1 is 0.957 bits per heavy atom. The van der Waals surface area contributed by atoms with Gasteiger partial charge in [0.25, 0.3) is 0 Å². The van der Waals surface area contributed by atoms with Crippen LogP contribution in [0, 0.1) is 0 Å². The number of aromatic nitrogens is 2. The molecular formula is C19H20N4. The third kappa shape index (κ3) is 2.85. The molecule has 0 fully saturated rings. The Morgan fingerprint density at radius 2 is 1.70 bits per heavy atom. The first-order chi connectivity index (χ1) is 11.3. The fourth-order valence-corrected chi connectivity index (χ4v) is 3.22. The summed E-state index contributed by atoms with van der Waals surface area (Å²) in [5.41, 5.74) is 11.1. The maximum absolute atomic E-state index is 6.14. The molecule has 0 bridgehead atoms. The highest BCUT2D eigenvalue weighted by atomic mass is 15.3. The molecule has 4 rings (SSSR count). The highest BCUT2D eigenvalue weighted by Crippen LogP contribution is 2.21. The number of hydrogen-bond donors (Lipinski definition) is 1. The highest BCUT2D eigenvalue weighted by Gasteiger charge is 2.17. The molecule has 4 nitrogen and oxygen atoms in total. The van der Waals surface area contributed by atoms with Crippen molar-refractivity contribution in [3.8, 4) is 5.69 Å². The average molecular weight is 304 g/mol. The molecule has 0 saturated carbocycles. The quantitative estimate of drug-likeness (QED) is 0.809. The largest absolute Gasteiger partial charge is 0.384 e. The molecule has 1 aliphatic rings. The summed E-state index contributed by atoms with van der Waals surface area (Å²) >= 11 is 0. The van der Waals surface area contributed by atoms with Gasteiger partial charge in [0.05, 0.1) is 11.4 Å². The number of nitrogens with zero attached hydrogens (tertiary/aromatic N) is 3. The van der Waals surface area contributed by atoms with Gasteiger partial charge in [0.15, 0.2) is 0 Å². The van der Waals surface area contributed by atoms with Crippen LogP contribution in [0.3, 0.4) is 0 Å². The predicted octanol–water partition coefficient (Wildman–Crippen LogP) is 3.01. The molecule has 1 aromatic heterocycles. The number of nitrogen functional groups attached to an aromatic ring is 1. The van der Waals surface area contributed by atoms with Crippen LogP contribution in [0.25, 0.3) is 5.69 Å². The van der Waals surface area contributed by atoms with Crippen molar-refractivity contribution in [3.05, 3.63) is 77.5 Å². The van der Waals surface area contributed by atoms with Crippen molar-refractivity contribution in [2.24, 2.45) is 0 Å². The minimum atomic E-state index is 0.684. The fraction of sp³-hybridized carbons (Fsp3) is 0.211. The summed E-state index contributed by atoms with van der Waals surface area (Å²) in [6, 6.07) is 20.7. The Bertz CT molecular complexity index is 807. The van der Waals surface area contributed by atoms with Crippen molar-refractivity contribution in [3.63, 3.8) is 0 Å². The fourth-order valence-electron chi connectivity index (χ4n) is 3.22. The second kappa shape index (κ2) is 5.89. The molecular weight excluding hydrogens is 284 g/mol. The molecule has 0 spiro atoms. The van der Waals surface area contributed by atoms with E-state index in [0.717, 1.165) is 37.4 Å². The summed E-state index contributed by atoms with van der Waals surface area (Å²) in [4.78, 5) is 2.43. The molecule has 23 heavy (non-hydrogen) atoms. The van der Waals surface area contributed by atoms with Crippen LogP contribution < -0.4 is 5.73 Å². The summed E-state index contributed by atoms with van der Waals surface area (Å²) in [7, 11) is 0. The van der Waals surface area contributed by atoms with Crippen LogP contribution in [0.5, 0.6) is 0 Å². The molecule has 4 heteroatoms. The molecule has 0 atom stereocenters. The number of rotatable bonds is 3. The van der Waals surface area contributed by atoms with Gasteiger partial charge >= 0.3 is 0 Å². The zero-order chi connectivity index (χ0) is 15.6. The normalized spacial score (nSPS) is 14.6. The van der Waals surface area contributed by atoms with Crippen LogP contribution in [0.2, 0.25) is 0 Å². The summed E-state index contributed by atoms with van der Waals surface area (Å²) < 4.78 is 1.81. The monoisotopic (exact) mass is 304 g/mol. The lowest BCUT2D eigenvalue weighted by Crippen LogP contribution is -2.30. The highest BCUT2D eigenvalue weighted by molar-refractivity contribution is 5.42. The third-order valence-electron chi connectivity index (χ3n) is 4.38. The topological polar surface area (TPSA) is 47.1 Å². The zero-order valence-electron chi connectivity index (χ0n) is 13.0. The number of nitrogens with two attached hydrogens (primary N) is 1. The molecule has 3 aromatic rings. The van der Waals surface area contributed by atoms with E-state index < -0.39 is 0 Å². The molecule has 1 aliphatic heterocycles. The van der Waals surface area contributed by atoms with Crippen molar-refractivity contribution in [2.45, 2.75) is 19.5 Å². The van der Waals surface area contributed by atoms with Gasteiger partial charge in [-0.1, -0.05) is 42.5 Å². The predicted molar refractivity (Wildman–Crippen MR) is 92.2 cm³/mol. The van der Waals surface area contributed by atoms with Crippen LogP contribution >= 0.6 is 0 Å². The number of fused-ring (bicyclic) bond motifs is 1. The van der Waals surface area contributed by atoms with Crippen molar-refractivity contribution >= 4 is 5.82 Å². The Morgan fingerprint density at radius 3 is 2.52 bits per heavy atom. The lowest BCUT2D eigenvalue weighted by Gasteiger charge is -2.27. The van der Waals surface area contributed by atoms with E-state index in [1.165, 1.54) is 11.1 Å². The number of benzene rings is 2. The van der Waals surface area contributed by atoms with Crippen LogP contribution in [0.1, 0.15) is 16.8 Å². The van der Waals surface area contributed by atoms with Crippen LogP contribution in [-0.2, 0) is 19.5 Å². The zero-order valence-corrected chi connectivity index (χ0v) is 13.0. The Hall–Kier alpha value is -2.59. The Kier molecular flexibility index (Phi) is 3.60. The SMILES string of the molecule is Nc1cc(CN2CCc3ccccc3C2)nn1-c1ccccc1. The van der Waals surface area contributed by atoms with Crippen molar-refractivity contribution < 1.29 is 0 Å². The van der Waals surface area contributed by atoms with Crippen molar-refractivity contribution in [1.29, 1.82) is 0 Å². The molecule has 2 heterocycles. The molecule has 2 aromatic carbocycles. The van der Waals surface area contributed by atoms with Crippen molar-refractivity contribution in [2.75, 3.05) is 12.3 Å². The van der Waals surface area contributed by atoms with E-state index in [2.05, 4.69) is 34.3 Å². The van der Waals surface area contributed by atoms with Gasteiger partial charge in [-0.05, 0) is 29.7 Å². The van der Waals surface area contributed by atoms with E-state index in [0.29, 0.717) is 5.82 Å². The van der Waals surface area contributed by atoms with E-state index >= 15 is 0 Å². The van der Waals surface area contributed by atoms with E-state index in [4.69, 9.17) is 5.73 Å². The van der Waals surface area contributed by atoms with Gasteiger partial charge in [0.1, 0.15) is 5.82 Å². The van der Waals surface area contributed by atoms with E-state index in [1.54, 1.807) is 0 Å². The number of hydrogen-bond acceptors (Lipinski definition) is 3. The van der Waals surface area contributed by atoms with Gasteiger partial charge in [0, 0.05) is 25.7 Å². The summed E-state index contributed by atoms with van der Waals surface area (Å²) in [6.45, 7) is 2.88. The molecule has 0 radical (unpaired) electrons. The first kappa shape index (κ1) is 14.0. The lowest BCUT2D eigenvalue weighted by molar-refractivity contribution is 0.242. The third-order valence-corrected chi connectivity index (χ3v) is 4.38. The maximum Gasteiger partial charge on any atom is 0.127 e.